The standard InChI is InChI=1S/C15H11ClFNO4/c1-9-5-6-10(7-14(9)18(20)21)15(19)22-8-11-12(16)3-2-4-13(11)17/h2-7H,8H2,1H3. The smallest absolute Gasteiger partial charge is 0.338 e. The van der Waals surface area contributed by atoms with E-state index in [0.717, 1.165) is 6.07 Å². The van der Waals surface area contributed by atoms with Gasteiger partial charge in [-0.15, -0.1) is 0 Å². The van der Waals surface area contributed by atoms with Gasteiger partial charge in [0.15, 0.2) is 0 Å². The number of nitro benzene ring substituents is 1. The van der Waals surface area contributed by atoms with Gasteiger partial charge in [0.25, 0.3) is 5.69 Å². The number of rotatable bonds is 4. The first kappa shape index (κ1) is 15.9. The van der Waals surface area contributed by atoms with Gasteiger partial charge < -0.3 is 4.74 Å². The Morgan fingerprint density at radius 3 is 2.73 bits per heavy atom. The minimum atomic E-state index is -0.789. The van der Waals surface area contributed by atoms with Gasteiger partial charge in [0.2, 0.25) is 0 Å². The van der Waals surface area contributed by atoms with Gasteiger partial charge in [-0.25, -0.2) is 9.18 Å². The molecule has 0 aliphatic carbocycles. The Kier molecular flexibility index (Phi) is 4.72. The highest BCUT2D eigenvalue weighted by molar-refractivity contribution is 6.31. The van der Waals surface area contributed by atoms with E-state index < -0.39 is 16.7 Å². The third-order valence-electron chi connectivity index (χ3n) is 3.05. The van der Waals surface area contributed by atoms with Crippen molar-refractivity contribution in [2.75, 3.05) is 0 Å². The molecular weight excluding hydrogens is 313 g/mol. The lowest BCUT2D eigenvalue weighted by Gasteiger charge is -2.08. The Hall–Kier alpha value is -2.47. The fraction of sp³-hybridized carbons (Fsp3) is 0.133. The van der Waals surface area contributed by atoms with Gasteiger partial charge in [-0.3, -0.25) is 10.1 Å². The highest BCUT2D eigenvalue weighted by Gasteiger charge is 2.17. The quantitative estimate of drug-likeness (QED) is 0.483. The van der Waals surface area contributed by atoms with Crippen molar-refractivity contribution >= 4 is 23.3 Å². The number of carbonyl (C=O) groups excluding carboxylic acids is 1. The topological polar surface area (TPSA) is 69.4 Å². The van der Waals surface area contributed by atoms with E-state index in [0.29, 0.717) is 5.56 Å². The van der Waals surface area contributed by atoms with E-state index in [-0.39, 0.29) is 28.4 Å². The summed E-state index contributed by atoms with van der Waals surface area (Å²) in [6, 6.07) is 8.10. The highest BCUT2D eigenvalue weighted by atomic mass is 35.5. The molecule has 22 heavy (non-hydrogen) atoms. The number of aryl methyl sites for hydroxylation is 1. The number of hydrogen-bond acceptors (Lipinski definition) is 4. The molecule has 5 nitrogen and oxygen atoms in total. The monoisotopic (exact) mass is 323 g/mol. The first-order valence-electron chi connectivity index (χ1n) is 6.25. The Morgan fingerprint density at radius 2 is 2.09 bits per heavy atom. The van der Waals surface area contributed by atoms with E-state index in [1.165, 1.54) is 30.3 Å². The summed E-state index contributed by atoms with van der Waals surface area (Å²) in [4.78, 5) is 22.2. The van der Waals surface area contributed by atoms with Crippen LogP contribution in [0.5, 0.6) is 0 Å². The summed E-state index contributed by atoms with van der Waals surface area (Å²) in [5.41, 5.74) is 0.320. The molecule has 2 aromatic carbocycles. The molecule has 0 aliphatic heterocycles. The summed E-state index contributed by atoms with van der Waals surface area (Å²) >= 11 is 5.83. The number of nitrogens with zero attached hydrogens (tertiary/aromatic N) is 1. The molecule has 0 saturated carbocycles. The first-order valence-corrected chi connectivity index (χ1v) is 6.63. The molecule has 0 spiro atoms. The van der Waals surface area contributed by atoms with Gasteiger partial charge in [-0.05, 0) is 25.1 Å². The molecule has 0 aliphatic rings. The molecule has 0 aromatic heterocycles. The van der Waals surface area contributed by atoms with E-state index in [2.05, 4.69) is 0 Å². The lowest BCUT2D eigenvalue weighted by molar-refractivity contribution is -0.385. The molecule has 0 heterocycles. The maximum absolute atomic E-state index is 13.6. The summed E-state index contributed by atoms with van der Waals surface area (Å²) < 4.78 is 18.5. The maximum Gasteiger partial charge on any atom is 0.338 e. The van der Waals surface area contributed by atoms with Crippen LogP contribution in [0.2, 0.25) is 5.02 Å². The fourth-order valence-corrected chi connectivity index (χ4v) is 2.04. The van der Waals surface area contributed by atoms with Crippen molar-refractivity contribution < 1.29 is 18.8 Å². The zero-order chi connectivity index (χ0) is 16.3. The van der Waals surface area contributed by atoms with Crippen molar-refractivity contribution in [2.24, 2.45) is 0 Å². The zero-order valence-electron chi connectivity index (χ0n) is 11.5. The average molecular weight is 324 g/mol. The number of halogens is 2. The Labute approximate surface area is 130 Å². The summed E-state index contributed by atoms with van der Waals surface area (Å²) in [5, 5.41) is 11.0. The van der Waals surface area contributed by atoms with Crippen molar-refractivity contribution in [3.8, 4) is 0 Å². The number of esters is 1. The second-order valence-electron chi connectivity index (χ2n) is 4.53. The van der Waals surface area contributed by atoms with E-state index in [9.17, 15) is 19.3 Å². The molecule has 2 aromatic rings. The summed E-state index contributed by atoms with van der Waals surface area (Å²) in [6.07, 6.45) is 0. The van der Waals surface area contributed by atoms with Crippen LogP contribution in [-0.2, 0) is 11.3 Å². The molecule has 2 rings (SSSR count). The molecule has 114 valence electrons. The third-order valence-corrected chi connectivity index (χ3v) is 3.40. The molecule has 0 saturated heterocycles. The number of nitro groups is 1. The third kappa shape index (κ3) is 3.40. The Morgan fingerprint density at radius 1 is 1.36 bits per heavy atom. The van der Waals surface area contributed by atoms with Crippen LogP contribution in [0.1, 0.15) is 21.5 Å². The zero-order valence-corrected chi connectivity index (χ0v) is 12.3. The lowest BCUT2D eigenvalue weighted by Crippen LogP contribution is -2.07. The first-order chi connectivity index (χ1) is 10.4. The van der Waals surface area contributed by atoms with Gasteiger partial charge in [0.05, 0.1) is 15.5 Å². The highest BCUT2D eigenvalue weighted by Crippen LogP contribution is 2.22. The number of benzene rings is 2. The molecule has 0 bridgehead atoms. The van der Waals surface area contributed by atoms with Crippen LogP contribution in [-0.4, -0.2) is 10.9 Å². The average Bonchev–Trinajstić information content (AvgIpc) is 2.46. The molecule has 7 heteroatoms. The number of ether oxygens (including phenoxy) is 1. The van der Waals surface area contributed by atoms with E-state index in [1.54, 1.807) is 6.92 Å². The lowest BCUT2D eigenvalue weighted by atomic mass is 10.1. The summed E-state index contributed by atoms with van der Waals surface area (Å²) in [7, 11) is 0. The molecule has 0 N–H and O–H groups in total. The number of hydrogen-bond donors (Lipinski definition) is 0. The van der Waals surface area contributed by atoms with Crippen molar-refractivity contribution in [1.82, 2.24) is 0 Å². The molecule has 0 fully saturated rings. The summed E-state index contributed by atoms with van der Waals surface area (Å²) in [5.74, 6) is -1.38. The SMILES string of the molecule is Cc1ccc(C(=O)OCc2c(F)cccc2Cl)cc1[N+](=O)[O-]. The number of carbonyl (C=O) groups is 1. The van der Waals surface area contributed by atoms with Crippen molar-refractivity contribution in [3.05, 3.63) is 74.0 Å². The van der Waals surface area contributed by atoms with E-state index in [4.69, 9.17) is 16.3 Å². The molecular formula is C15H11ClFNO4. The minimum Gasteiger partial charge on any atom is -0.457 e. The van der Waals surface area contributed by atoms with Crippen molar-refractivity contribution in [3.63, 3.8) is 0 Å². The Balaban J connectivity index is 2.16. The van der Waals surface area contributed by atoms with Gasteiger partial charge in [-0.1, -0.05) is 23.7 Å². The second-order valence-corrected chi connectivity index (χ2v) is 4.94. The van der Waals surface area contributed by atoms with E-state index >= 15 is 0 Å². The maximum atomic E-state index is 13.6. The summed E-state index contributed by atoms with van der Waals surface area (Å²) in [6.45, 7) is 1.21. The Bertz CT molecular complexity index is 728. The molecule has 0 radical (unpaired) electrons. The van der Waals surface area contributed by atoms with Crippen molar-refractivity contribution in [1.29, 1.82) is 0 Å². The molecule has 0 amide bonds. The largest absolute Gasteiger partial charge is 0.457 e. The minimum absolute atomic E-state index is 0.0183. The van der Waals surface area contributed by atoms with Gasteiger partial charge >= 0.3 is 5.97 Å². The van der Waals surface area contributed by atoms with Crippen molar-refractivity contribution in [2.45, 2.75) is 13.5 Å². The van der Waals surface area contributed by atoms with E-state index in [1.807, 2.05) is 0 Å². The second kappa shape index (κ2) is 6.53. The van der Waals surface area contributed by atoms with Crippen LogP contribution >= 0.6 is 11.6 Å². The van der Waals surface area contributed by atoms with Crippen LogP contribution in [0.25, 0.3) is 0 Å². The van der Waals surface area contributed by atoms with Gasteiger partial charge in [0.1, 0.15) is 12.4 Å². The predicted molar refractivity (Wildman–Crippen MR) is 78.4 cm³/mol. The van der Waals surface area contributed by atoms with Gasteiger partial charge in [-0.2, -0.15) is 0 Å². The fourth-order valence-electron chi connectivity index (χ4n) is 1.82. The molecule has 0 unspecified atom stereocenters. The van der Waals surface area contributed by atoms with Crippen LogP contribution in [0.15, 0.2) is 36.4 Å². The van der Waals surface area contributed by atoms with Gasteiger partial charge in [0, 0.05) is 17.2 Å². The normalized spacial score (nSPS) is 10.3. The van der Waals surface area contributed by atoms with Crippen LogP contribution in [0.4, 0.5) is 10.1 Å². The molecule has 0 atom stereocenters. The van der Waals surface area contributed by atoms with Crippen LogP contribution in [0, 0.1) is 22.9 Å². The predicted octanol–water partition coefficient (Wildman–Crippen LogP) is 4.05. The van der Waals surface area contributed by atoms with Crippen LogP contribution in [0.3, 0.4) is 0 Å². The van der Waals surface area contributed by atoms with Crippen LogP contribution < -0.4 is 0 Å².